The van der Waals surface area contributed by atoms with Crippen molar-refractivity contribution in [3.8, 4) is 0 Å². The van der Waals surface area contributed by atoms with Gasteiger partial charge in [0, 0.05) is 0 Å². The van der Waals surface area contributed by atoms with Gasteiger partial charge in [0.05, 0.1) is 0 Å². The molecular weight excluding hydrogens is 144 g/mol. The van der Waals surface area contributed by atoms with Crippen LogP contribution in [0.15, 0.2) is 12.2 Å². The second-order valence-corrected chi connectivity index (χ2v) is 4.10. The van der Waals surface area contributed by atoms with E-state index >= 15 is 0 Å². The molecule has 1 saturated carbocycles. The lowest BCUT2D eigenvalue weighted by Gasteiger charge is -2.05. The molecule has 0 nitrogen and oxygen atoms in total. The Labute approximate surface area is 77.1 Å². The zero-order valence-corrected chi connectivity index (χ0v) is 8.39. The maximum Gasteiger partial charge on any atom is -0.0259 e. The van der Waals surface area contributed by atoms with E-state index in [1.165, 1.54) is 51.4 Å². The van der Waals surface area contributed by atoms with Crippen LogP contribution in [0.25, 0.3) is 0 Å². The molecule has 1 fully saturated rings. The van der Waals surface area contributed by atoms with Crippen molar-refractivity contribution < 1.29 is 0 Å². The van der Waals surface area contributed by atoms with Gasteiger partial charge in [-0.05, 0) is 18.8 Å². The highest BCUT2D eigenvalue weighted by Crippen LogP contribution is 2.15. The molecule has 12 heavy (non-hydrogen) atoms. The van der Waals surface area contributed by atoms with Gasteiger partial charge in [-0.3, -0.25) is 0 Å². The first-order valence-electron chi connectivity index (χ1n) is 5.56. The summed E-state index contributed by atoms with van der Waals surface area (Å²) in [7, 11) is 0. The lowest BCUT2D eigenvalue weighted by atomic mass is 10.0. The molecule has 0 amide bonds. The van der Waals surface area contributed by atoms with E-state index < -0.39 is 0 Å². The molecule has 0 spiro atoms. The van der Waals surface area contributed by atoms with E-state index in [2.05, 4.69) is 19.1 Å². The van der Waals surface area contributed by atoms with E-state index in [0.717, 1.165) is 5.92 Å². The third kappa shape index (κ3) is 4.58. The van der Waals surface area contributed by atoms with Gasteiger partial charge < -0.3 is 0 Å². The molecule has 0 aromatic carbocycles. The first kappa shape index (κ1) is 9.83. The molecule has 0 heteroatoms. The Balaban J connectivity index is 0.000000120. The highest BCUT2D eigenvalue weighted by Gasteiger charge is 1.98. The SMILES string of the molecule is C1CCCCC1.CC1C=CCC1. The Morgan fingerprint density at radius 1 is 0.917 bits per heavy atom. The van der Waals surface area contributed by atoms with Gasteiger partial charge in [-0.2, -0.15) is 0 Å². The Kier molecular flexibility index (Phi) is 5.14. The zero-order chi connectivity index (χ0) is 8.65. The summed E-state index contributed by atoms with van der Waals surface area (Å²) in [5.74, 6) is 0.866. The van der Waals surface area contributed by atoms with Crippen LogP contribution in [0.3, 0.4) is 0 Å². The minimum Gasteiger partial charge on any atom is -0.0882 e. The molecule has 0 aromatic rings. The smallest absolute Gasteiger partial charge is 0.0259 e. The minimum absolute atomic E-state index is 0.866. The summed E-state index contributed by atoms with van der Waals surface area (Å²) in [6, 6.07) is 0. The molecule has 1 atom stereocenters. The van der Waals surface area contributed by atoms with Crippen LogP contribution in [-0.4, -0.2) is 0 Å². The highest BCUT2D eigenvalue weighted by molar-refractivity contribution is 4.93. The summed E-state index contributed by atoms with van der Waals surface area (Å²) in [4.78, 5) is 0. The Hall–Kier alpha value is -0.260. The van der Waals surface area contributed by atoms with Gasteiger partial charge >= 0.3 is 0 Å². The summed E-state index contributed by atoms with van der Waals surface area (Å²) < 4.78 is 0. The summed E-state index contributed by atoms with van der Waals surface area (Å²) in [5.41, 5.74) is 0. The molecule has 0 N–H and O–H groups in total. The standard InChI is InChI=1S/C6H10.C6H12/c1-6-4-2-3-5-6;1-2-4-6-5-3-1/h2,4,6H,3,5H2,1H3;1-6H2. The van der Waals surface area contributed by atoms with E-state index in [4.69, 9.17) is 0 Å². The van der Waals surface area contributed by atoms with E-state index in [-0.39, 0.29) is 0 Å². The molecular formula is C12H22. The summed E-state index contributed by atoms with van der Waals surface area (Å²) in [6.07, 6.45) is 16.2. The molecule has 1 unspecified atom stereocenters. The van der Waals surface area contributed by atoms with Gasteiger partial charge in [0.1, 0.15) is 0 Å². The van der Waals surface area contributed by atoms with Crippen molar-refractivity contribution in [2.75, 3.05) is 0 Å². The molecule has 2 aliphatic rings. The van der Waals surface area contributed by atoms with Crippen LogP contribution in [0, 0.1) is 5.92 Å². The van der Waals surface area contributed by atoms with Gasteiger partial charge in [0.2, 0.25) is 0 Å². The third-order valence-corrected chi connectivity index (χ3v) is 2.75. The zero-order valence-electron chi connectivity index (χ0n) is 8.39. The average Bonchev–Trinajstić information content (AvgIpc) is 2.60. The van der Waals surface area contributed by atoms with Crippen LogP contribution in [0.1, 0.15) is 58.3 Å². The van der Waals surface area contributed by atoms with Gasteiger partial charge in [0.15, 0.2) is 0 Å². The molecule has 2 rings (SSSR count). The molecule has 0 aromatic heterocycles. The summed E-state index contributed by atoms with van der Waals surface area (Å²) in [6.45, 7) is 2.25. The van der Waals surface area contributed by atoms with E-state index in [0.29, 0.717) is 0 Å². The van der Waals surface area contributed by atoms with Crippen molar-refractivity contribution in [3.63, 3.8) is 0 Å². The second kappa shape index (κ2) is 6.28. The first-order valence-corrected chi connectivity index (χ1v) is 5.56. The van der Waals surface area contributed by atoms with E-state index in [1.807, 2.05) is 0 Å². The molecule has 0 bridgehead atoms. The fourth-order valence-electron chi connectivity index (χ4n) is 1.84. The first-order chi connectivity index (χ1) is 5.89. The van der Waals surface area contributed by atoms with Crippen molar-refractivity contribution >= 4 is 0 Å². The van der Waals surface area contributed by atoms with Crippen LogP contribution in [0.4, 0.5) is 0 Å². The average molecular weight is 166 g/mol. The van der Waals surface area contributed by atoms with Crippen LogP contribution in [0.5, 0.6) is 0 Å². The normalized spacial score (nSPS) is 27.9. The lowest BCUT2D eigenvalue weighted by Crippen LogP contribution is -1.85. The third-order valence-electron chi connectivity index (χ3n) is 2.75. The van der Waals surface area contributed by atoms with Crippen LogP contribution in [-0.2, 0) is 0 Å². The van der Waals surface area contributed by atoms with E-state index in [9.17, 15) is 0 Å². The summed E-state index contributed by atoms with van der Waals surface area (Å²) >= 11 is 0. The molecule has 0 radical (unpaired) electrons. The molecule has 0 heterocycles. The highest BCUT2D eigenvalue weighted by atomic mass is 14.0. The van der Waals surface area contributed by atoms with Crippen molar-refractivity contribution in [2.45, 2.75) is 58.3 Å². The fraction of sp³-hybridized carbons (Fsp3) is 0.833. The lowest BCUT2D eigenvalue weighted by molar-refractivity contribution is 0.504. The van der Waals surface area contributed by atoms with Crippen molar-refractivity contribution in [2.24, 2.45) is 5.92 Å². The quantitative estimate of drug-likeness (QED) is 0.470. The van der Waals surface area contributed by atoms with Crippen molar-refractivity contribution in [3.05, 3.63) is 12.2 Å². The Bertz CT molecular complexity index is 108. The molecule has 2 aliphatic carbocycles. The van der Waals surface area contributed by atoms with Gasteiger partial charge in [-0.1, -0.05) is 57.6 Å². The predicted octanol–water partition coefficient (Wildman–Crippen LogP) is 4.31. The number of rotatable bonds is 0. The minimum atomic E-state index is 0.866. The number of hydrogen-bond acceptors (Lipinski definition) is 0. The number of allylic oxidation sites excluding steroid dienone is 2. The van der Waals surface area contributed by atoms with Gasteiger partial charge in [0.25, 0.3) is 0 Å². The summed E-state index contributed by atoms with van der Waals surface area (Å²) in [5, 5.41) is 0. The molecule has 0 aliphatic heterocycles. The largest absolute Gasteiger partial charge is 0.0882 e. The monoisotopic (exact) mass is 166 g/mol. The van der Waals surface area contributed by atoms with Gasteiger partial charge in [-0.25, -0.2) is 0 Å². The fourth-order valence-corrected chi connectivity index (χ4v) is 1.84. The topological polar surface area (TPSA) is 0 Å². The van der Waals surface area contributed by atoms with E-state index in [1.54, 1.807) is 0 Å². The van der Waals surface area contributed by atoms with Crippen LogP contribution < -0.4 is 0 Å². The molecule has 70 valence electrons. The van der Waals surface area contributed by atoms with Crippen molar-refractivity contribution in [1.29, 1.82) is 0 Å². The molecule has 0 saturated heterocycles. The number of hydrogen-bond donors (Lipinski definition) is 0. The Morgan fingerprint density at radius 2 is 1.42 bits per heavy atom. The maximum atomic E-state index is 2.28. The van der Waals surface area contributed by atoms with Crippen LogP contribution >= 0.6 is 0 Å². The van der Waals surface area contributed by atoms with Crippen molar-refractivity contribution in [1.82, 2.24) is 0 Å². The maximum absolute atomic E-state index is 2.28. The predicted molar refractivity (Wildman–Crippen MR) is 55.2 cm³/mol. The van der Waals surface area contributed by atoms with Gasteiger partial charge in [-0.15, -0.1) is 0 Å². The second-order valence-electron chi connectivity index (χ2n) is 4.10. The Morgan fingerprint density at radius 3 is 1.58 bits per heavy atom. The van der Waals surface area contributed by atoms with Crippen LogP contribution in [0.2, 0.25) is 0 Å².